The van der Waals surface area contributed by atoms with E-state index in [0.717, 1.165) is 6.33 Å². The highest BCUT2D eigenvalue weighted by Crippen LogP contribution is 2.29. The predicted molar refractivity (Wildman–Crippen MR) is 74.3 cm³/mol. The minimum Gasteiger partial charge on any atom is -0.378 e. The standard InChI is InChI=1S/C11H18N6O3/c1-4-5-16(6-8(18)15(2)3)11-9(17(19)20)10(12)13-7-14-11/h7H,4-6H2,1-3H3,(H2,12,13,14). The van der Waals surface area contributed by atoms with Crippen molar-refractivity contribution in [2.24, 2.45) is 0 Å². The molecule has 0 saturated carbocycles. The minimum atomic E-state index is -0.631. The molecular formula is C11H18N6O3. The Hall–Kier alpha value is -2.45. The summed E-state index contributed by atoms with van der Waals surface area (Å²) in [6.45, 7) is 2.36. The predicted octanol–water partition coefficient (Wildman–Crippen LogP) is 0.272. The van der Waals surface area contributed by atoms with Crippen molar-refractivity contribution in [1.82, 2.24) is 14.9 Å². The highest BCUT2D eigenvalue weighted by Gasteiger charge is 2.26. The van der Waals surface area contributed by atoms with Crippen LogP contribution >= 0.6 is 0 Å². The van der Waals surface area contributed by atoms with Gasteiger partial charge in [-0.15, -0.1) is 0 Å². The number of nitrogens with zero attached hydrogens (tertiary/aromatic N) is 5. The first kappa shape index (κ1) is 15.6. The maximum absolute atomic E-state index is 11.8. The Morgan fingerprint density at radius 3 is 2.60 bits per heavy atom. The molecular weight excluding hydrogens is 264 g/mol. The number of nitrogens with two attached hydrogens (primary N) is 1. The number of anilines is 2. The van der Waals surface area contributed by atoms with E-state index in [0.29, 0.717) is 13.0 Å². The molecule has 0 unspecified atom stereocenters. The van der Waals surface area contributed by atoms with Crippen molar-refractivity contribution < 1.29 is 9.72 Å². The summed E-state index contributed by atoms with van der Waals surface area (Å²) in [6.07, 6.45) is 1.86. The smallest absolute Gasteiger partial charge is 0.353 e. The van der Waals surface area contributed by atoms with Gasteiger partial charge in [0.05, 0.1) is 11.5 Å². The van der Waals surface area contributed by atoms with Gasteiger partial charge in [-0.2, -0.15) is 0 Å². The molecule has 9 heteroatoms. The summed E-state index contributed by atoms with van der Waals surface area (Å²) in [5.41, 5.74) is 5.16. The molecule has 1 heterocycles. The first-order valence-electron chi connectivity index (χ1n) is 6.08. The Bertz CT molecular complexity index is 505. The topological polar surface area (TPSA) is 118 Å². The molecule has 0 atom stereocenters. The third-order valence-electron chi connectivity index (χ3n) is 2.63. The number of hydrogen-bond donors (Lipinski definition) is 1. The summed E-state index contributed by atoms with van der Waals surface area (Å²) in [7, 11) is 3.24. The molecule has 0 spiro atoms. The van der Waals surface area contributed by atoms with E-state index in [1.54, 1.807) is 19.0 Å². The lowest BCUT2D eigenvalue weighted by Gasteiger charge is -2.23. The van der Waals surface area contributed by atoms with E-state index in [-0.39, 0.29) is 29.8 Å². The van der Waals surface area contributed by atoms with E-state index >= 15 is 0 Å². The van der Waals surface area contributed by atoms with Crippen LogP contribution in [-0.4, -0.2) is 52.9 Å². The van der Waals surface area contributed by atoms with Gasteiger partial charge in [0.15, 0.2) is 0 Å². The fourth-order valence-electron chi connectivity index (χ4n) is 1.62. The highest BCUT2D eigenvalue weighted by molar-refractivity contribution is 5.82. The van der Waals surface area contributed by atoms with Gasteiger partial charge in [0.2, 0.25) is 17.5 Å². The average molecular weight is 282 g/mol. The molecule has 1 rings (SSSR count). The van der Waals surface area contributed by atoms with Crippen LogP contribution in [0.25, 0.3) is 0 Å². The SMILES string of the molecule is CCCN(CC(=O)N(C)C)c1ncnc(N)c1[N+](=O)[O-]. The van der Waals surface area contributed by atoms with Crippen molar-refractivity contribution in [3.05, 3.63) is 16.4 Å². The summed E-state index contributed by atoms with van der Waals surface area (Å²) in [6, 6.07) is 0. The third kappa shape index (κ3) is 3.53. The van der Waals surface area contributed by atoms with Crippen molar-refractivity contribution >= 4 is 23.2 Å². The van der Waals surface area contributed by atoms with Crippen LogP contribution in [-0.2, 0) is 4.79 Å². The van der Waals surface area contributed by atoms with Gasteiger partial charge in [-0.1, -0.05) is 6.92 Å². The quantitative estimate of drug-likeness (QED) is 0.587. The van der Waals surface area contributed by atoms with Crippen LogP contribution in [0, 0.1) is 10.1 Å². The number of likely N-dealkylation sites (N-methyl/N-ethyl adjacent to an activating group) is 1. The number of nitrogen functional groups attached to an aromatic ring is 1. The maximum Gasteiger partial charge on any atom is 0.353 e. The Morgan fingerprint density at radius 1 is 1.45 bits per heavy atom. The van der Waals surface area contributed by atoms with Crippen LogP contribution in [0.4, 0.5) is 17.3 Å². The summed E-state index contributed by atoms with van der Waals surface area (Å²) in [5.74, 6) is -0.317. The fourth-order valence-corrected chi connectivity index (χ4v) is 1.62. The van der Waals surface area contributed by atoms with Crippen molar-refractivity contribution in [3.63, 3.8) is 0 Å². The maximum atomic E-state index is 11.8. The second kappa shape index (κ2) is 6.64. The molecule has 0 saturated heterocycles. The zero-order valence-corrected chi connectivity index (χ0v) is 11.7. The number of nitro groups is 1. The van der Waals surface area contributed by atoms with Crippen LogP contribution in [0.2, 0.25) is 0 Å². The largest absolute Gasteiger partial charge is 0.378 e. The van der Waals surface area contributed by atoms with E-state index < -0.39 is 4.92 Å². The van der Waals surface area contributed by atoms with Gasteiger partial charge in [0, 0.05) is 20.6 Å². The Labute approximate surface area is 116 Å². The van der Waals surface area contributed by atoms with Crippen molar-refractivity contribution in [2.75, 3.05) is 37.8 Å². The van der Waals surface area contributed by atoms with E-state index in [1.165, 1.54) is 4.90 Å². The summed E-state index contributed by atoms with van der Waals surface area (Å²) < 4.78 is 0. The summed E-state index contributed by atoms with van der Waals surface area (Å²) in [4.78, 5) is 32.8. The fraction of sp³-hybridized carbons (Fsp3) is 0.545. The molecule has 9 nitrogen and oxygen atoms in total. The van der Waals surface area contributed by atoms with Gasteiger partial charge in [0.25, 0.3) is 0 Å². The molecule has 0 aromatic carbocycles. The molecule has 1 amide bonds. The molecule has 0 aliphatic heterocycles. The van der Waals surface area contributed by atoms with Crippen molar-refractivity contribution in [1.29, 1.82) is 0 Å². The average Bonchev–Trinajstić information content (AvgIpc) is 2.37. The normalized spacial score (nSPS) is 10.2. The Balaban J connectivity index is 3.18. The van der Waals surface area contributed by atoms with Gasteiger partial charge in [-0.25, -0.2) is 9.97 Å². The van der Waals surface area contributed by atoms with Crippen LogP contribution in [0.15, 0.2) is 6.33 Å². The number of hydrogen-bond acceptors (Lipinski definition) is 7. The number of carbonyl (C=O) groups is 1. The monoisotopic (exact) mass is 282 g/mol. The van der Waals surface area contributed by atoms with Crippen LogP contribution < -0.4 is 10.6 Å². The van der Waals surface area contributed by atoms with E-state index in [2.05, 4.69) is 9.97 Å². The molecule has 1 aromatic rings. The molecule has 0 fully saturated rings. The summed E-state index contributed by atoms with van der Waals surface area (Å²) in [5, 5.41) is 11.1. The molecule has 1 aromatic heterocycles. The highest BCUT2D eigenvalue weighted by atomic mass is 16.6. The van der Waals surface area contributed by atoms with Gasteiger partial charge < -0.3 is 15.5 Å². The second-order valence-electron chi connectivity index (χ2n) is 4.40. The first-order valence-corrected chi connectivity index (χ1v) is 6.08. The van der Waals surface area contributed by atoms with Crippen LogP contribution in [0.3, 0.4) is 0 Å². The van der Waals surface area contributed by atoms with Crippen molar-refractivity contribution in [3.8, 4) is 0 Å². The second-order valence-corrected chi connectivity index (χ2v) is 4.40. The molecule has 20 heavy (non-hydrogen) atoms. The van der Waals surface area contributed by atoms with Crippen LogP contribution in [0.1, 0.15) is 13.3 Å². The summed E-state index contributed by atoms with van der Waals surface area (Å²) >= 11 is 0. The first-order chi connectivity index (χ1) is 9.38. The zero-order chi connectivity index (χ0) is 15.3. The van der Waals surface area contributed by atoms with E-state index in [1.807, 2.05) is 6.92 Å². The molecule has 0 aliphatic carbocycles. The Kier molecular flexibility index (Phi) is 5.18. The van der Waals surface area contributed by atoms with Crippen LogP contribution in [0.5, 0.6) is 0 Å². The number of aromatic nitrogens is 2. The van der Waals surface area contributed by atoms with Gasteiger partial charge in [-0.3, -0.25) is 14.9 Å². The number of amides is 1. The molecule has 0 radical (unpaired) electrons. The van der Waals surface area contributed by atoms with Gasteiger partial charge in [-0.05, 0) is 6.42 Å². The number of carbonyl (C=O) groups excluding carboxylic acids is 1. The van der Waals surface area contributed by atoms with E-state index in [4.69, 9.17) is 5.73 Å². The van der Waals surface area contributed by atoms with Gasteiger partial charge in [0.1, 0.15) is 6.33 Å². The molecule has 0 bridgehead atoms. The molecule has 2 N–H and O–H groups in total. The lowest BCUT2D eigenvalue weighted by molar-refractivity contribution is -0.383. The Morgan fingerprint density at radius 2 is 2.10 bits per heavy atom. The third-order valence-corrected chi connectivity index (χ3v) is 2.63. The minimum absolute atomic E-state index is 0.00185. The van der Waals surface area contributed by atoms with Gasteiger partial charge >= 0.3 is 5.69 Å². The van der Waals surface area contributed by atoms with E-state index in [9.17, 15) is 14.9 Å². The molecule has 0 aliphatic rings. The molecule has 110 valence electrons. The zero-order valence-electron chi connectivity index (χ0n) is 11.7. The lowest BCUT2D eigenvalue weighted by atomic mass is 10.3. The number of rotatable bonds is 6. The lowest BCUT2D eigenvalue weighted by Crippen LogP contribution is -2.38. The van der Waals surface area contributed by atoms with Crippen molar-refractivity contribution in [2.45, 2.75) is 13.3 Å².